The first-order valence-corrected chi connectivity index (χ1v) is 5.62. The maximum absolute atomic E-state index is 10.9. The maximum Gasteiger partial charge on any atom is 0.489 e. The van der Waals surface area contributed by atoms with Crippen LogP contribution in [0.3, 0.4) is 0 Å². The van der Waals surface area contributed by atoms with E-state index in [1.54, 1.807) is 30.3 Å². The van der Waals surface area contributed by atoms with E-state index >= 15 is 0 Å². The molecule has 1 atom stereocenters. The second kappa shape index (κ2) is 6.10. The molecule has 17 heavy (non-hydrogen) atoms. The van der Waals surface area contributed by atoms with Crippen molar-refractivity contribution in [3.8, 4) is 6.07 Å². The molecule has 1 aromatic carbocycles. The topological polar surface area (TPSA) is 93.6 Å². The van der Waals surface area contributed by atoms with Crippen LogP contribution in [0.1, 0.15) is 11.1 Å². The minimum atomic E-state index is -2.44. The van der Waals surface area contributed by atoms with Gasteiger partial charge in [0, 0.05) is 0 Å². The standard InChI is InChI=1S/C10H10N2O4S/c1-16-12(17(14)15)10(6-11)9-4-2-8(7-13)3-5-9/h2-5,13H,7H2,1H3/p+1. The van der Waals surface area contributed by atoms with E-state index in [2.05, 4.69) is 4.84 Å². The molecule has 0 aliphatic rings. The Morgan fingerprint density at radius 3 is 2.47 bits per heavy atom. The summed E-state index contributed by atoms with van der Waals surface area (Å²) in [6, 6.07) is 8.13. The van der Waals surface area contributed by atoms with Crippen LogP contribution >= 0.6 is 0 Å². The lowest BCUT2D eigenvalue weighted by Gasteiger charge is -1.98. The molecule has 0 saturated heterocycles. The average molecular weight is 255 g/mol. The van der Waals surface area contributed by atoms with Gasteiger partial charge in [-0.2, -0.15) is 9.47 Å². The van der Waals surface area contributed by atoms with E-state index in [1.807, 2.05) is 0 Å². The van der Waals surface area contributed by atoms with Crippen molar-refractivity contribution in [1.29, 1.82) is 5.26 Å². The van der Waals surface area contributed by atoms with Gasteiger partial charge in [0.05, 0.1) is 12.2 Å². The van der Waals surface area contributed by atoms with Crippen molar-refractivity contribution in [2.24, 2.45) is 0 Å². The van der Waals surface area contributed by atoms with Gasteiger partial charge in [-0.1, -0.05) is 12.1 Å². The Bertz CT molecular complexity index is 490. The Morgan fingerprint density at radius 1 is 1.53 bits per heavy atom. The van der Waals surface area contributed by atoms with E-state index in [-0.39, 0.29) is 12.3 Å². The van der Waals surface area contributed by atoms with Gasteiger partial charge >= 0.3 is 17.0 Å². The van der Waals surface area contributed by atoms with Crippen LogP contribution in [0.2, 0.25) is 0 Å². The van der Waals surface area contributed by atoms with Crippen LogP contribution in [0.25, 0.3) is 0 Å². The van der Waals surface area contributed by atoms with Gasteiger partial charge in [0.1, 0.15) is 4.14 Å². The number of benzene rings is 1. The Morgan fingerprint density at radius 2 is 2.12 bits per heavy atom. The molecule has 0 spiro atoms. The second-order valence-electron chi connectivity index (χ2n) is 2.99. The van der Waals surface area contributed by atoms with Crippen LogP contribution in [0.15, 0.2) is 24.3 Å². The lowest BCUT2D eigenvalue weighted by Crippen LogP contribution is -2.22. The maximum atomic E-state index is 10.9. The predicted molar refractivity (Wildman–Crippen MR) is 60.1 cm³/mol. The highest BCUT2D eigenvalue weighted by Gasteiger charge is 2.24. The summed E-state index contributed by atoms with van der Waals surface area (Å²) in [5.41, 5.74) is 1.02. The van der Waals surface area contributed by atoms with E-state index in [9.17, 15) is 4.21 Å². The molecule has 1 aromatic rings. The largest absolute Gasteiger partial charge is 0.489 e. The second-order valence-corrected chi connectivity index (χ2v) is 3.78. The SMILES string of the molecule is CO[N+](=C(C#N)c1ccc(CO)cc1)S(=O)O. The van der Waals surface area contributed by atoms with Gasteiger partial charge in [-0.3, -0.25) is 4.84 Å². The molecule has 1 unspecified atom stereocenters. The van der Waals surface area contributed by atoms with Crippen molar-refractivity contribution in [3.63, 3.8) is 0 Å². The summed E-state index contributed by atoms with van der Waals surface area (Å²) in [5.74, 6) is 0. The van der Waals surface area contributed by atoms with Gasteiger partial charge < -0.3 is 5.11 Å². The molecule has 0 fully saturated rings. The first-order valence-electron chi connectivity index (χ1n) is 4.56. The van der Waals surface area contributed by atoms with Gasteiger partial charge in [0.25, 0.3) is 0 Å². The molecule has 6 nitrogen and oxygen atoms in total. The Balaban J connectivity index is 3.27. The molecule has 90 valence electrons. The molecule has 0 amide bonds. The minimum Gasteiger partial charge on any atom is -0.392 e. The lowest BCUT2D eigenvalue weighted by molar-refractivity contribution is -0.664. The molecular weight excluding hydrogens is 244 g/mol. The van der Waals surface area contributed by atoms with Crippen molar-refractivity contribution >= 4 is 17.0 Å². The van der Waals surface area contributed by atoms with Gasteiger partial charge in [-0.25, -0.2) is 4.55 Å². The van der Waals surface area contributed by atoms with Crippen molar-refractivity contribution in [2.45, 2.75) is 6.61 Å². The lowest BCUT2D eigenvalue weighted by atomic mass is 10.1. The fourth-order valence-electron chi connectivity index (χ4n) is 1.21. The van der Waals surface area contributed by atoms with Crippen LogP contribution in [0.4, 0.5) is 0 Å². The molecule has 0 saturated carbocycles. The van der Waals surface area contributed by atoms with E-state index in [4.69, 9.17) is 14.9 Å². The van der Waals surface area contributed by atoms with Gasteiger partial charge in [-0.15, -0.1) is 0 Å². The molecule has 0 aromatic heterocycles. The Hall–Kier alpha value is -1.75. The number of nitriles is 1. The van der Waals surface area contributed by atoms with E-state index in [1.165, 1.54) is 7.11 Å². The zero-order chi connectivity index (χ0) is 12.8. The summed E-state index contributed by atoms with van der Waals surface area (Å²) < 4.78 is 20.5. The average Bonchev–Trinajstić information content (AvgIpc) is 2.35. The van der Waals surface area contributed by atoms with Crippen molar-refractivity contribution in [2.75, 3.05) is 7.11 Å². The fraction of sp³-hybridized carbons (Fsp3) is 0.200. The highest BCUT2D eigenvalue weighted by molar-refractivity contribution is 7.72. The normalized spacial score (nSPS) is 13.5. The van der Waals surface area contributed by atoms with E-state index in [0.29, 0.717) is 15.3 Å². The Labute approximate surface area is 101 Å². The minimum absolute atomic E-state index is 0.0853. The smallest absolute Gasteiger partial charge is 0.392 e. The molecule has 0 aliphatic carbocycles. The third-order valence-corrected chi connectivity index (χ3v) is 2.62. The molecule has 2 N–H and O–H groups in total. The summed E-state index contributed by atoms with van der Waals surface area (Å²) >= 11 is -2.44. The molecular formula is C10H11N2O4S+. The predicted octanol–water partition coefficient (Wildman–Crippen LogP) is 0.202. The number of aliphatic hydroxyl groups is 1. The molecule has 0 heterocycles. The first kappa shape index (κ1) is 13.3. The third kappa shape index (κ3) is 3.10. The Kier molecular flexibility index (Phi) is 4.78. The first-order chi connectivity index (χ1) is 8.13. The zero-order valence-corrected chi connectivity index (χ0v) is 9.85. The number of hydrogen-bond acceptors (Lipinski definition) is 4. The van der Waals surface area contributed by atoms with Crippen LogP contribution in [-0.2, 0) is 22.7 Å². The quantitative estimate of drug-likeness (QED) is 0.347. The van der Waals surface area contributed by atoms with Crippen LogP contribution in [-0.4, -0.2) is 30.8 Å². The zero-order valence-electron chi connectivity index (χ0n) is 9.03. The number of aliphatic hydroxyl groups excluding tert-OH is 1. The summed E-state index contributed by atoms with van der Waals surface area (Å²) in [4.78, 5) is 4.65. The number of hydrogen-bond donors (Lipinski definition) is 2. The van der Waals surface area contributed by atoms with E-state index in [0.717, 1.165) is 0 Å². The molecule has 1 rings (SSSR count). The molecule has 0 aliphatic heterocycles. The van der Waals surface area contributed by atoms with Gasteiger partial charge in [0.15, 0.2) is 13.2 Å². The van der Waals surface area contributed by atoms with Crippen LogP contribution in [0.5, 0.6) is 0 Å². The monoisotopic (exact) mass is 255 g/mol. The fourth-order valence-corrected chi connectivity index (χ4v) is 1.64. The van der Waals surface area contributed by atoms with Crippen molar-refractivity contribution in [1.82, 2.24) is 0 Å². The summed E-state index contributed by atoms with van der Waals surface area (Å²) in [6.07, 6.45) is 0. The van der Waals surface area contributed by atoms with Crippen LogP contribution < -0.4 is 0 Å². The van der Waals surface area contributed by atoms with Gasteiger partial charge in [0.2, 0.25) is 0 Å². The third-order valence-electron chi connectivity index (χ3n) is 2.01. The number of rotatable bonds is 4. The highest BCUT2D eigenvalue weighted by Crippen LogP contribution is 2.06. The molecule has 0 radical (unpaired) electrons. The van der Waals surface area contributed by atoms with Crippen molar-refractivity contribution < 1.29 is 22.8 Å². The summed E-state index contributed by atoms with van der Waals surface area (Å²) in [6.45, 7) is -0.109. The molecule has 7 heteroatoms. The number of nitrogens with zero attached hydrogens (tertiary/aromatic N) is 2. The molecule has 0 bridgehead atoms. The summed E-state index contributed by atoms with van der Waals surface area (Å²) in [5, 5.41) is 17.8. The van der Waals surface area contributed by atoms with E-state index < -0.39 is 11.3 Å². The van der Waals surface area contributed by atoms with Gasteiger partial charge in [-0.05, 0) is 17.7 Å². The van der Waals surface area contributed by atoms with Crippen LogP contribution in [0, 0.1) is 11.3 Å². The highest BCUT2D eigenvalue weighted by atomic mass is 32.2. The van der Waals surface area contributed by atoms with Crippen molar-refractivity contribution in [3.05, 3.63) is 35.4 Å². The summed E-state index contributed by atoms with van der Waals surface area (Å²) in [7, 11) is 1.19.